The maximum absolute atomic E-state index is 12.2. The minimum Gasteiger partial charge on any atom is -0.467 e. The van der Waals surface area contributed by atoms with Crippen LogP contribution < -0.4 is 10.2 Å². The van der Waals surface area contributed by atoms with Gasteiger partial charge in [0.15, 0.2) is 5.16 Å². The number of piperidine rings is 1. The van der Waals surface area contributed by atoms with E-state index in [-0.39, 0.29) is 17.7 Å². The van der Waals surface area contributed by atoms with Crippen LogP contribution in [0.5, 0.6) is 0 Å². The molecule has 28 heavy (non-hydrogen) atoms. The molecule has 0 saturated carbocycles. The molecule has 1 N–H and O–H groups in total. The quantitative estimate of drug-likeness (QED) is 0.639. The van der Waals surface area contributed by atoms with Gasteiger partial charge in [-0.1, -0.05) is 18.7 Å². The molecule has 3 rings (SSSR count). The number of anilines is 1. The number of amides is 1. The molecule has 1 aliphatic heterocycles. The lowest BCUT2D eigenvalue weighted by atomic mass is 10.00. The van der Waals surface area contributed by atoms with E-state index in [1.54, 1.807) is 13.4 Å². The number of nitrogens with zero attached hydrogens (tertiary/aromatic N) is 4. The maximum Gasteiger partial charge on any atom is 0.230 e. The van der Waals surface area contributed by atoms with E-state index in [0.717, 1.165) is 48.7 Å². The van der Waals surface area contributed by atoms with Crippen molar-refractivity contribution in [1.82, 2.24) is 20.1 Å². The topological polar surface area (TPSA) is 85.4 Å². The number of ether oxygens (including phenoxy) is 1. The van der Waals surface area contributed by atoms with Crippen molar-refractivity contribution >= 4 is 23.6 Å². The molecule has 9 heteroatoms. The van der Waals surface area contributed by atoms with Gasteiger partial charge in [0.1, 0.15) is 5.76 Å². The molecule has 0 radical (unpaired) electrons. The van der Waals surface area contributed by atoms with Gasteiger partial charge >= 0.3 is 0 Å². The SMILES string of the molecule is COCC(C)NC(=O)CSc1nnc(N2CCC(C)CC2)n1Cc1ccco1. The molecule has 2 aromatic rings. The second-order valence-electron chi connectivity index (χ2n) is 7.33. The smallest absolute Gasteiger partial charge is 0.230 e. The molecule has 1 saturated heterocycles. The molecule has 1 fully saturated rings. The minimum atomic E-state index is -0.0459. The van der Waals surface area contributed by atoms with Crippen LogP contribution in [0.1, 0.15) is 32.4 Å². The molecule has 1 atom stereocenters. The fourth-order valence-corrected chi connectivity index (χ4v) is 4.01. The Hall–Kier alpha value is -2.00. The van der Waals surface area contributed by atoms with Crippen molar-refractivity contribution in [2.75, 3.05) is 37.5 Å². The summed E-state index contributed by atoms with van der Waals surface area (Å²) in [4.78, 5) is 14.5. The lowest BCUT2D eigenvalue weighted by Gasteiger charge is -2.31. The summed E-state index contributed by atoms with van der Waals surface area (Å²) in [5.41, 5.74) is 0. The Bertz CT molecular complexity index is 741. The van der Waals surface area contributed by atoms with Crippen LogP contribution in [0.2, 0.25) is 0 Å². The van der Waals surface area contributed by atoms with E-state index in [4.69, 9.17) is 9.15 Å². The molecule has 3 heterocycles. The molecule has 0 aromatic carbocycles. The van der Waals surface area contributed by atoms with E-state index < -0.39 is 0 Å². The van der Waals surface area contributed by atoms with Crippen molar-refractivity contribution in [3.05, 3.63) is 24.2 Å². The van der Waals surface area contributed by atoms with E-state index in [1.807, 2.05) is 23.6 Å². The van der Waals surface area contributed by atoms with Crippen LogP contribution in [0.15, 0.2) is 28.0 Å². The molecule has 154 valence electrons. The molecular formula is C19H29N5O3S. The summed E-state index contributed by atoms with van der Waals surface area (Å²) >= 11 is 1.39. The highest BCUT2D eigenvalue weighted by Gasteiger charge is 2.23. The molecule has 0 bridgehead atoms. The first-order valence-electron chi connectivity index (χ1n) is 9.68. The Kier molecular flexibility index (Phi) is 7.38. The van der Waals surface area contributed by atoms with Gasteiger partial charge in [0, 0.05) is 26.2 Å². The number of carbonyl (C=O) groups is 1. The van der Waals surface area contributed by atoms with Gasteiger partial charge in [-0.25, -0.2) is 0 Å². The molecule has 0 spiro atoms. The third-order valence-electron chi connectivity index (χ3n) is 4.81. The largest absolute Gasteiger partial charge is 0.467 e. The fourth-order valence-electron chi connectivity index (χ4n) is 3.27. The van der Waals surface area contributed by atoms with E-state index >= 15 is 0 Å². The lowest BCUT2D eigenvalue weighted by molar-refractivity contribution is -0.119. The third kappa shape index (κ3) is 5.51. The van der Waals surface area contributed by atoms with E-state index in [1.165, 1.54) is 11.8 Å². The van der Waals surface area contributed by atoms with Crippen molar-refractivity contribution in [3.8, 4) is 0 Å². The monoisotopic (exact) mass is 407 g/mol. The first-order valence-corrected chi connectivity index (χ1v) is 10.7. The number of nitrogens with one attached hydrogen (secondary N) is 1. The van der Waals surface area contributed by atoms with Crippen molar-refractivity contribution in [3.63, 3.8) is 0 Å². The zero-order valence-electron chi connectivity index (χ0n) is 16.8. The zero-order chi connectivity index (χ0) is 19.9. The van der Waals surface area contributed by atoms with Gasteiger partial charge in [-0.3, -0.25) is 9.36 Å². The number of hydrogen-bond acceptors (Lipinski definition) is 7. The van der Waals surface area contributed by atoms with Crippen molar-refractivity contribution in [2.24, 2.45) is 5.92 Å². The maximum atomic E-state index is 12.2. The highest BCUT2D eigenvalue weighted by molar-refractivity contribution is 7.99. The standard InChI is InChI=1S/C19H29N5O3S/c1-14-6-8-23(9-7-14)18-21-22-19(24(18)11-16-5-4-10-27-16)28-13-17(25)20-15(2)12-26-3/h4-5,10,14-15H,6-9,11-13H2,1-3H3,(H,20,25). The molecule has 1 amide bonds. The molecular weight excluding hydrogens is 378 g/mol. The van der Waals surface area contributed by atoms with Crippen LogP contribution in [-0.4, -0.2) is 59.3 Å². The first-order chi connectivity index (χ1) is 13.6. The van der Waals surface area contributed by atoms with Crippen molar-refractivity contribution in [2.45, 2.75) is 44.4 Å². The van der Waals surface area contributed by atoms with Crippen LogP contribution in [-0.2, 0) is 16.1 Å². The molecule has 0 aliphatic carbocycles. The highest BCUT2D eigenvalue weighted by Crippen LogP contribution is 2.27. The number of aromatic nitrogens is 3. The first kappa shape index (κ1) is 20.7. The number of rotatable bonds is 9. The van der Waals surface area contributed by atoms with Gasteiger partial charge in [-0.2, -0.15) is 0 Å². The van der Waals surface area contributed by atoms with Gasteiger partial charge in [-0.15, -0.1) is 10.2 Å². The van der Waals surface area contributed by atoms with Crippen LogP contribution in [0.4, 0.5) is 5.95 Å². The highest BCUT2D eigenvalue weighted by atomic mass is 32.2. The summed E-state index contributed by atoms with van der Waals surface area (Å²) in [5, 5.41) is 12.4. The van der Waals surface area contributed by atoms with Gasteiger partial charge in [0.2, 0.25) is 11.9 Å². The zero-order valence-corrected chi connectivity index (χ0v) is 17.6. The van der Waals surface area contributed by atoms with Gasteiger partial charge in [-0.05, 0) is 37.8 Å². The molecule has 2 aromatic heterocycles. The Balaban J connectivity index is 1.70. The summed E-state index contributed by atoms with van der Waals surface area (Å²) in [6.07, 6.45) is 3.96. The normalized spacial score (nSPS) is 16.3. The molecule has 8 nitrogen and oxygen atoms in total. The number of methoxy groups -OCH3 is 1. The predicted octanol–water partition coefficient (Wildman–Crippen LogP) is 2.40. The molecule has 1 aliphatic rings. The van der Waals surface area contributed by atoms with E-state index in [2.05, 4.69) is 27.3 Å². The summed E-state index contributed by atoms with van der Waals surface area (Å²) in [7, 11) is 1.62. The second-order valence-corrected chi connectivity index (χ2v) is 8.27. The van der Waals surface area contributed by atoms with Gasteiger partial charge < -0.3 is 19.4 Å². The number of furan rings is 1. The Labute approximate surface area is 170 Å². The van der Waals surface area contributed by atoms with E-state index in [9.17, 15) is 4.79 Å². The van der Waals surface area contributed by atoms with Crippen LogP contribution in [0.25, 0.3) is 0 Å². The minimum absolute atomic E-state index is 0.0232. The summed E-state index contributed by atoms with van der Waals surface area (Å²) in [6.45, 7) is 7.18. The van der Waals surface area contributed by atoms with E-state index in [0.29, 0.717) is 13.2 Å². The van der Waals surface area contributed by atoms with Gasteiger partial charge in [0.25, 0.3) is 0 Å². The van der Waals surface area contributed by atoms with Crippen LogP contribution >= 0.6 is 11.8 Å². The average molecular weight is 408 g/mol. The lowest BCUT2D eigenvalue weighted by Crippen LogP contribution is -2.36. The second kappa shape index (κ2) is 9.97. The van der Waals surface area contributed by atoms with Gasteiger partial charge in [0.05, 0.1) is 25.2 Å². The Morgan fingerprint density at radius 1 is 1.43 bits per heavy atom. The predicted molar refractivity (Wildman–Crippen MR) is 109 cm³/mol. The third-order valence-corrected chi connectivity index (χ3v) is 5.78. The summed E-state index contributed by atoms with van der Waals surface area (Å²) in [6, 6.07) is 3.79. The van der Waals surface area contributed by atoms with Crippen LogP contribution in [0, 0.1) is 5.92 Å². The summed E-state index contributed by atoms with van der Waals surface area (Å²) < 4.78 is 12.6. The number of carbonyl (C=O) groups excluding carboxylic acids is 1. The average Bonchev–Trinajstić information content (AvgIpc) is 3.31. The Morgan fingerprint density at radius 2 is 2.21 bits per heavy atom. The molecule has 1 unspecified atom stereocenters. The number of thioether (sulfide) groups is 1. The number of hydrogen-bond donors (Lipinski definition) is 1. The van der Waals surface area contributed by atoms with Crippen LogP contribution in [0.3, 0.4) is 0 Å². The van der Waals surface area contributed by atoms with Crippen molar-refractivity contribution < 1.29 is 13.9 Å². The fraction of sp³-hybridized carbons (Fsp3) is 0.632. The van der Waals surface area contributed by atoms with Crippen molar-refractivity contribution in [1.29, 1.82) is 0 Å². The Morgan fingerprint density at radius 3 is 2.89 bits per heavy atom. The summed E-state index contributed by atoms with van der Waals surface area (Å²) in [5.74, 6) is 2.66.